The fraction of sp³-hybridized carbons (Fsp3) is 0.657. The summed E-state index contributed by atoms with van der Waals surface area (Å²) in [6.07, 6.45) is 8.05. The molecule has 6 rings (SSSR count). The standard InChI is InChI=1S/C35H44O10/c1-19-23-11-9-21(7-5-14-33(3)28(44-33)26(23)42-30(19)38)17-35(32(40)41,16-13-25(36)37)18-22-8-6-15-34(4)29(45-34)27-24(12-10-22)20(2)31(39)43-27/h7-8,23-24,26-29H,1-2,5-6,9-18H2,3-4H3,(H,36,37)(H,40,41)/b21-7+,22-8+/t23-,24-,26-,27-,28-,29-,33+,34+/m0/s1. The Morgan fingerprint density at radius 1 is 0.844 bits per heavy atom. The average molecular weight is 625 g/mol. The molecule has 0 aromatic heterocycles. The van der Waals surface area contributed by atoms with Gasteiger partial charge in [-0.25, -0.2) is 9.59 Å². The van der Waals surface area contributed by atoms with Gasteiger partial charge in [0.2, 0.25) is 0 Å². The maximum Gasteiger partial charge on any atom is 0.334 e. The smallest absolute Gasteiger partial charge is 0.334 e. The Morgan fingerprint density at radius 3 is 1.69 bits per heavy atom. The molecule has 10 nitrogen and oxygen atoms in total. The average Bonchev–Trinajstić information content (AvgIpc) is 3.78. The third-order valence-corrected chi connectivity index (χ3v) is 11.3. The number of aliphatic carboxylic acids is 2. The number of carboxylic acid groups (broad SMARTS) is 2. The van der Waals surface area contributed by atoms with Crippen LogP contribution in [0.2, 0.25) is 0 Å². The van der Waals surface area contributed by atoms with Gasteiger partial charge in [-0.1, -0.05) is 36.5 Å². The van der Waals surface area contributed by atoms with Crippen molar-refractivity contribution in [3.05, 3.63) is 47.6 Å². The Kier molecular flexibility index (Phi) is 8.13. The molecule has 0 radical (unpaired) electrons. The van der Waals surface area contributed by atoms with Crippen molar-refractivity contribution in [1.29, 1.82) is 0 Å². The lowest BCUT2D eigenvalue weighted by molar-refractivity contribution is -0.150. The van der Waals surface area contributed by atoms with E-state index in [1.807, 2.05) is 13.8 Å². The van der Waals surface area contributed by atoms with Gasteiger partial charge >= 0.3 is 23.9 Å². The fourth-order valence-electron chi connectivity index (χ4n) is 8.27. The second-order valence-electron chi connectivity index (χ2n) is 14.4. The van der Waals surface area contributed by atoms with Crippen molar-refractivity contribution >= 4 is 23.9 Å². The van der Waals surface area contributed by atoms with Crippen molar-refractivity contribution in [2.45, 2.75) is 127 Å². The van der Waals surface area contributed by atoms with E-state index in [1.54, 1.807) is 0 Å². The van der Waals surface area contributed by atoms with Gasteiger partial charge in [-0.2, -0.15) is 0 Å². The molecule has 8 atom stereocenters. The Hall–Kier alpha value is -3.24. The van der Waals surface area contributed by atoms with Gasteiger partial charge in [0, 0.05) is 29.4 Å². The number of hydrogen-bond donors (Lipinski definition) is 2. The summed E-state index contributed by atoms with van der Waals surface area (Å²) >= 11 is 0. The van der Waals surface area contributed by atoms with Crippen LogP contribution in [0.25, 0.3) is 0 Å². The van der Waals surface area contributed by atoms with Crippen LogP contribution in [0.5, 0.6) is 0 Å². The lowest BCUT2D eigenvalue weighted by Crippen LogP contribution is -2.34. The first-order valence-electron chi connectivity index (χ1n) is 16.2. The minimum atomic E-state index is -1.36. The Bertz CT molecular complexity index is 1300. The van der Waals surface area contributed by atoms with Crippen molar-refractivity contribution in [1.82, 2.24) is 0 Å². The largest absolute Gasteiger partial charge is 0.481 e. The molecule has 10 heteroatoms. The van der Waals surface area contributed by atoms with Crippen LogP contribution in [0.4, 0.5) is 0 Å². The van der Waals surface area contributed by atoms with E-state index in [0.29, 0.717) is 62.5 Å². The van der Waals surface area contributed by atoms with Crippen molar-refractivity contribution < 1.29 is 48.3 Å². The summed E-state index contributed by atoms with van der Waals surface area (Å²) in [5.41, 5.74) is 0.508. The number of fused-ring (bicyclic) bond motifs is 6. The normalized spacial score (nSPS) is 41.3. The van der Waals surface area contributed by atoms with Crippen LogP contribution in [0.15, 0.2) is 47.6 Å². The van der Waals surface area contributed by atoms with Crippen LogP contribution in [0.3, 0.4) is 0 Å². The molecule has 2 aliphatic carbocycles. The van der Waals surface area contributed by atoms with E-state index in [0.717, 1.165) is 11.1 Å². The number of epoxide rings is 2. The second kappa shape index (κ2) is 11.5. The third kappa shape index (κ3) is 6.03. The highest BCUT2D eigenvalue weighted by Crippen LogP contribution is 2.52. The predicted molar refractivity (Wildman–Crippen MR) is 161 cm³/mol. The number of rotatable bonds is 8. The van der Waals surface area contributed by atoms with E-state index in [2.05, 4.69) is 25.3 Å². The Labute approximate surface area is 263 Å². The zero-order valence-corrected chi connectivity index (χ0v) is 26.2. The van der Waals surface area contributed by atoms with E-state index < -0.39 is 52.7 Å². The zero-order chi connectivity index (χ0) is 32.3. The van der Waals surface area contributed by atoms with Crippen LogP contribution < -0.4 is 0 Å². The van der Waals surface area contributed by atoms with Gasteiger partial charge in [-0.15, -0.1) is 0 Å². The van der Waals surface area contributed by atoms with Crippen molar-refractivity contribution in [3.63, 3.8) is 0 Å². The highest BCUT2D eigenvalue weighted by molar-refractivity contribution is 5.91. The number of hydrogen-bond acceptors (Lipinski definition) is 8. The third-order valence-electron chi connectivity index (χ3n) is 11.3. The van der Waals surface area contributed by atoms with E-state index in [4.69, 9.17) is 18.9 Å². The van der Waals surface area contributed by atoms with Crippen LogP contribution in [0, 0.1) is 17.3 Å². The van der Waals surface area contributed by atoms with Crippen molar-refractivity contribution in [3.8, 4) is 0 Å². The summed E-state index contributed by atoms with van der Waals surface area (Å²) in [7, 11) is 0. The highest BCUT2D eigenvalue weighted by atomic mass is 16.7. The molecular formula is C35H44O10. The summed E-state index contributed by atoms with van der Waals surface area (Å²) in [6, 6.07) is 0. The SMILES string of the molecule is C=C1C(=O)O[C@H]2[C@H]1CC/C(CC(CCC(=O)O)(C/C1=C/CC[C@@]3(C)O[C@H]3[C@H]3OC(=O)C(=C)[C@@H]3CC1)C(=O)O)=C\CC[C@@]1(C)O[C@@H]21. The first kappa shape index (κ1) is 31.7. The monoisotopic (exact) mass is 624 g/mol. The molecule has 45 heavy (non-hydrogen) atoms. The second-order valence-corrected chi connectivity index (χ2v) is 14.4. The summed E-state index contributed by atoms with van der Waals surface area (Å²) < 4.78 is 23.4. The molecule has 4 fully saturated rings. The van der Waals surface area contributed by atoms with Gasteiger partial charge in [0.05, 0.1) is 16.6 Å². The molecule has 0 bridgehead atoms. The number of ether oxygens (including phenoxy) is 4. The summed E-state index contributed by atoms with van der Waals surface area (Å²) in [5.74, 6) is -3.34. The first-order chi connectivity index (χ1) is 21.3. The summed E-state index contributed by atoms with van der Waals surface area (Å²) in [4.78, 5) is 50.0. The first-order valence-corrected chi connectivity index (χ1v) is 16.2. The molecule has 0 amide bonds. The molecule has 0 spiro atoms. The molecule has 0 saturated carbocycles. The van der Waals surface area contributed by atoms with E-state index >= 15 is 0 Å². The van der Waals surface area contributed by atoms with E-state index in [1.165, 1.54) is 0 Å². The number of carboxylic acids is 2. The van der Waals surface area contributed by atoms with Gasteiger partial charge < -0.3 is 29.2 Å². The highest BCUT2D eigenvalue weighted by Gasteiger charge is 2.62. The summed E-state index contributed by atoms with van der Waals surface area (Å²) in [6.45, 7) is 12.0. The molecule has 4 aliphatic heterocycles. The Morgan fingerprint density at radius 2 is 1.29 bits per heavy atom. The van der Waals surface area contributed by atoms with Crippen molar-refractivity contribution in [2.75, 3.05) is 0 Å². The summed E-state index contributed by atoms with van der Waals surface area (Å²) in [5, 5.41) is 20.5. The minimum absolute atomic E-state index is 0.0289. The van der Waals surface area contributed by atoms with Crippen LogP contribution >= 0.6 is 0 Å². The molecule has 6 aliphatic rings. The van der Waals surface area contributed by atoms with Crippen LogP contribution in [-0.4, -0.2) is 69.7 Å². The zero-order valence-electron chi connectivity index (χ0n) is 26.2. The molecule has 244 valence electrons. The van der Waals surface area contributed by atoms with Gasteiger partial charge in [-0.3, -0.25) is 9.59 Å². The molecule has 4 saturated heterocycles. The molecule has 0 aromatic carbocycles. The molecule has 4 heterocycles. The van der Waals surface area contributed by atoms with Gasteiger partial charge in [0.25, 0.3) is 0 Å². The van der Waals surface area contributed by atoms with Gasteiger partial charge in [0.1, 0.15) is 24.4 Å². The number of carbonyl (C=O) groups is 4. The van der Waals surface area contributed by atoms with Crippen molar-refractivity contribution in [2.24, 2.45) is 17.3 Å². The van der Waals surface area contributed by atoms with Gasteiger partial charge in [0.15, 0.2) is 0 Å². The molecule has 0 unspecified atom stereocenters. The van der Waals surface area contributed by atoms with Gasteiger partial charge in [-0.05, 0) is 84.5 Å². The fourth-order valence-corrected chi connectivity index (χ4v) is 8.27. The molecule has 0 aromatic rings. The number of carbonyl (C=O) groups excluding carboxylic acids is 2. The number of esters is 2. The Balaban J connectivity index is 1.27. The van der Waals surface area contributed by atoms with E-state index in [9.17, 15) is 29.4 Å². The van der Waals surface area contributed by atoms with E-state index in [-0.39, 0.29) is 49.7 Å². The number of allylic oxidation sites excluding steroid dienone is 4. The molecule has 2 N–H and O–H groups in total. The minimum Gasteiger partial charge on any atom is -0.481 e. The maximum atomic E-state index is 13.3. The maximum absolute atomic E-state index is 13.3. The van der Waals surface area contributed by atoms with Crippen LogP contribution in [0.1, 0.15) is 90.9 Å². The topological polar surface area (TPSA) is 152 Å². The lowest BCUT2D eigenvalue weighted by atomic mass is 9.70. The quantitative estimate of drug-likeness (QED) is 0.159. The van der Waals surface area contributed by atoms with Crippen LogP contribution in [-0.2, 0) is 38.1 Å². The molecular weight excluding hydrogens is 580 g/mol. The predicted octanol–water partition coefficient (Wildman–Crippen LogP) is 5.21. The lowest BCUT2D eigenvalue weighted by Gasteiger charge is -2.33.